The van der Waals surface area contributed by atoms with Crippen LogP contribution in [0.25, 0.3) is 0 Å². The molecule has 1 aromatic heterocycles. The van der Waals surface area contributed by atoms with E-state index in [0.29, 0.717) is 17.3 Å². The Balaban J connectivity index is 1.50. The van der Waals surface area contributed by atoms with Gasteiger partial charge in [0.1, 0.15) is 11.6 Å². The lowest BCUT2D eigenvalue weighted by atomic mass is 10.1. The van der Waals surface area contributed by atoms with E-state index in [0.717, 1.165) is 5.56 Å². The summed E-state index contributed by atoms with van der Waals surface area (Å²) in [6.45, 7) is 5.62. The highest BCUT2D eigenvalue weighted by molar-refractivity contribution is 6.20. The fourth-order valence-electron chi connectivity index (χ4n) is 3.65. The van der Waals surface area contributed by atoms with Crippen LogP contribution >= 0.6 is 0 Å². The van der Waals surface area contributed by atoms with Crippen LogP contribution in [0.2, 0.25) is 0 Å². The maximum absolute atomic E-state index is 13.1. The second-order valence-electron chi connectivity index (χ2n) is 9.29. The van der Waals surface area contributed by atoms with Crippen molar-refractivity contribution >= 4 is 23.9 Å². The summed E-state index contributed by atoms with van der Waals surface area (Å²) >= 11 is 0. The number of hydrogen-bond acceptors (Lipinski definition) is 7. The summed E-state index contributed by atoms with van der Waals surface area (Å²) in [7, 11) is 0. The Bertz CT molecular complexity index is 1260. The zero-order valence-electron chi connectivity index (χ0n) is 20.1. The third kappa shape index (κ3) is 5.77. The molecule has 4 rings (SSSR count). The first-order valence-corrected chi connectivity index (χ1v) is 11.3. The Morgan fingerprint density at radius 1 is 0.972 bits per heavy atom. The smallest absolute Gasteiger partial charge is 0.408 e. The molecule has 3 aromatic rings. The van der Waals surface area contributed by atoms with E-state index in [1.807, 2.05) is 34.9 Å². The van der Waals surface area contributed by atoms with Crippen molar-refractivity contribution in [1.82, 2.24) is 19.9 Å². The molecule has 0 fully saturated rings. The molecular formula is C26H26N4O6. The Morgan fingerprint density at radius 3 is 2.19 bits per heavy atom. The minimum absolute atomic E-state index is 0.0525. The molecule has 0 unspecified atom stereocenters. The number of fused-ring (bicyclic) bond motifs is 1. The number of nitrogens with zero attached hydrogens (tertiary/aromatic N) is 3. The Morgan fingerprint density at radius 2 is 1.58 bits per heavy atom. The fourth-order valence-corrected chi connectivity index (χ4v) is 3.65. The van der Waals surface area contributed by atoms with E-state index in [9.17, 15) is 19.2 Å². The average Bonchev–Trinajstić information content (AvgIpc) is 3.36. The average molecular weight is 491 g/mol. The van der Waals surface area contributed by atoms with Gasteiger partial charge < -0.3 is 19.5 Å². The molecule has 0 aliphatic carbocycles. The monoisotopic (exact) mass is 490 g/mol. The van der Waals surface area contributed by atoms with Crippen molar-refractivity contribution in [2.24, 2.45) is 0 Å². The molecular weight excluding hydrogens is 464 g/mol. The number of imide groups is 1. The number of ether oxygens (including phenoxy) is 1. The number of carbonyl (C=O) groups is 4. The SMILES string of the molecule is CC(C)(C)OC(=O)N[C@@H](Cc1cn(Cc2ccccc2)cn1)C(=O)ON1C(=O)c2ccccc2C1=O. The van der Waals surface area contributed by atoms with Gasteiger partial charge in [0.2, 0.25) is 0 Å². The standard InChI is InChI=1S/C26H26N4O6/c1-26(2,3)35-25(34)28-21(13-18-15-29(16-27-18)14-17-9-5-4-6-10-17)24(33)36-30-22(31)19-11-7-8-12-20(19)23(30)32/h4-12,15-16,21H,13-14H2,1-3H3,(H,28,34)/t21-/m0/s1. The highest BCUT2D eigenvalue weighted by Gasteiger charge is 2.40. The van der Waals surface area contributed by atoms with E-state index in [4.69, 9.17) is 9.57 Å². The van der Waals surface area contributed by atoms with Gasteiger partial charge in [0.25, 0.3) is 11.8 Å². The molecule has 1 N–H and O–H groups in total. The lowest BCUT2D eigenvalue weighted by Crippen LogP contribution is -2.48. The second kappa shape index (κ2) is 10.0. The molecule has 0 saturated heterocycles. The normalized spacial score (nSPS) is 13.8. The molecule has 3 amide bonds. The Kier molecular flexibility index (Phi) is 6.86. The number of carbonyl (C=O) groups excluding carboxylic acids is 4. The molecule has 1 aliphatic heterocycles. The van der Waals surface area contributed by atoms with Crippen LogP contribution in [0.1, 0.15) is 52.7 Å². The molecule has 0 bridgehead atoms. The predicted octanol–water partition coefficient (Wildman–Crippen LogP) is 3.12. The van der Waals surface area contributed by atoms with Crippen molar-refractivity contribution in [3.8, 4) is 0 Å². The lowest BCUT2D eigenvalue weighted by Gasteiger charge is -2.23. The van der Waals surface area contributed by atoms with Crippen LogP contribution < -0.4 is 5.32 Å². The summed E-state index contributed by atoms with van der Waals surface area (Å²) in [5, 5.41) is 2.88. The van der Waals surface area contributed by atoms with Crippen molar-refractivity contribution in [1.29, 1.82) is 0 Å². The summed E-state index contributed by atoms with van der Waals surface area (Å²) in [5.74, 6) is -2.52. The molecule has 186 valence electrons. The quantitative estimate of drug-likeness (QED) is 0.505. The largest absolute Gasteiger partial charge is 0.444 e. The molecule has 10 nitrogen and oxygen atoms in total. The van der Waals surface area contributed by atoms with Crippen LogP contribution in [-0.4, -0.2) is 50.1 Å². The van der Waals surface area contributed by atoms with Crippen LogP contribution in [0.3, 0.4) is 0 Å². The zero-order chi connectivity index (χ0) is 25.9. The first-order valence-electron chi connectivity index (χ1n) is 11.3. The fraction of sp³-hybridized carbons (Fsp3) is 0.269. The van der Waals surface area contributed by atoms with Gasteiger partial charge in [0, 0.05) is 19.2 Å². The molecule has 36 heavy (non-hydrogen) atoms. The Hall–Kier alpha value is -4.47. The summed E-state index contributed by atoms with van der Waals surface area (Å²) in [6.07, 6.45) is 2.45. The molecule has 2 heterocycles. The van der Waals surface area contributed by atoms with Crippen LogP contribution in [0.4, 0.5) is 4.79 Å². The molecule has 0 saturated carbocycles. The number of aromatic nitrogens is 2. The number of nitrogens with one attached hydrogen (secondary N) is 1. The summed E-state index contributed by atoms with van der Waals surface area (Å²) < 4.78 is 7.11. The van der Waals surface area contributed by atoms with E-state index in [1.165, 1.54) is 12.1 Å². The third-order valence-electron chi connectivity index (χ3n) is 5.22. The van der Waals surface area contributed by atoms with Gasteiger partial charge in [-0.05, 0) is 38.5 Å². The van der Waals surface area contributed by atoms with E-state index in [1.54, 1.807) is 45.4 Å². The first-order chi connectivity index (χ1) is 17.1. The van der Waals surface area contributed by atoms with Gasteiger partial charge in [0.15, 0.2) is 0 Å². The van der Waals surface area contributed by atoms with Gasteiger partial charge in [-0.15, -0.1) is 0 Å². The molecule has 10 heteroatoms. The number of benzene rings is 2. The van der Waals surface area contributed by atoms with Gasteiger partial charge in [-0.25, -0.2) is 14.6 Å². The number of rotatable bonds is 7. The highest BCUT2D eigenvalue weighted by Crippen LogP contribution is 2.23. The minimum Gasteiger partial charge on any atom is -0.444 e. The van der Waals surface area contributed by atoms with Crippen LogP contribution in [0.15, 0.2) is 67.1 Å². The maximum Gasteiger partial charge on any atom is 0.408 e. The minimum atomic E-state index is -1.27. The summed E-state index contributed by atoms with van der Waals surface area (Å²) in [6, 6.07) is 14.6. The van der Waals surface area contributed by atoms with Crippen LogP contribution in [0.5, 0.6) is 0 Å². The topological polar surface area (TPSA) is 120 Å². The second-order valence-corrected chi connectivity index (χ2v) is 9.29. The predicted molar refractivity (Wildman–Crippen MR) is 128 cm³/mol. The zero-order valence-corrected chi connectivity index (χ0v) is 20.1. The number of hydroxylamine groups is 2. The third-order valence-corrected chi connectivity index (χ3v) is 5.22. The number of alkyl carbamates (subject to hydrolysis) is 1. The Labute approximate surface area is 207 Å². The molecule has 1 aliphatic rings. The highest BCUT2D eigenvalue weighted by atomic mass is 16.7. The number of amides is 3. The van der Waals surface area contributed by atoms with Crippen molar-refractivity contribution < 1.29 is 28.8 Å². The van der Waals surface area contributed by atoms with Gasteiger partial charge in [0.05, 0.1) is 23.1 Å². The van der Waals surface area contributed by atoms with Gasteiger partial charge >= 0.3 is 12.1 Å². The van der Waals surface area contributed by atoms with Gasteiger partial charge in [-0.3, -0.25) is 9.59 Å². The molecule has 0 spiro atoms. The van der Waals surface area contributed by atoms with E-state index in [2.05, 4.69) is 10.3 Å². The molecule has 2 aromatic carbocycles. The number of hydrogen-bond donors (Lipinski definition) is 1. The van der Waals surface area contributed by atoms with Crippen molar-refractivity contribution in [2.45, 2.75) is 45.4 Å². The molecule has 0 radical (unpaired) electrons. The summed E-state index contributed by atoms with van der Waals surface area (Å²) in [5.41, 5.74) is 1.01. The first kappa shape index (κ1) is 24.6. The van der Waals surface area contributed by atoms with E-state index >= 15 is 0 Å². The van der Waals surface area contributed by atoms with E-state index in [-0.39, 0.29) is 17.5 Å². The van der Waals surface area contributed by atoms with Crippen molar-refractivity contribution in [3.63, 3.8) is 0 Å². The lowest BCUT2D eigenvalue weighted by molar-refractivity contribution is -0.171. The van der Waals surface area contributed by atoms with Crippen LogP contribution in [-0.2, 0) is 27.3 Å². The summed E-state index contributed by atoms with van der Waals surface area (Å²) in [4.78, 5) is 60.2. The molecule has 1 atom stereocenters. The van der Waals surface area contributed by atoms with Crippen molar-refractivity contribution in [3.05, 3.63) is 89.5 Å². The van der Waals surface area contributed by atoms with Crippen molar-refractivity contribution in [2.75, 3.05) is 0 Å². The van der Waals surface area contributed by atoms with Crippen LogP contribution in [0, 0.1) is 0 Å². The van der Waals surface area contributed by atoms with E-state index < -0.39 is 35.5 Å². The van der Waals surface area contributed by atoms with Gasteiger partial charge in [-0.1, -0.05) is 47.5 Å². The maximum atomic E-state index is 13.1. The number of imidazole rings is 1. The van der Waals surface area contributed by atoms with Gasteiger partial charge in [-0.2, -0.15) is 0 Å².